The fraction of sp³-hybridized carbons (Fsp3) is 0.500. The van der Waals surface area contributed by atoms with Crippen LogP contribution in [0.2, 0.25) is 0 Å². The molecule has 0 unspecified atom stereocenters. The van der Waals surface area contributed by atoms with E-state index < -0.39 is 16.9 Å². The van der Waals surface area contributed by atoms with Crippen molar-refractivity contribution in [2.45, 2.75) is 154 Å². The van der Waals surface area contributed by atoms with Gasteiger partial charge < -0.3 is 0 Å². The molecular weight excluding hydrogens is 688 g/mol. The van der Waals surface area contributed by atoms with Crippen molar-refractivity contribution in [1.29, 1.82) is 0 Å². The van der Waals surface area contributed by atoms with E-state index >= 15 is 8.42 Å². The normalized spacial score (nSPS) is 12.8. The van der Waals surface area contributed by atoms with E-state index in [0.29, 0.717) is 11.1 Å². The summed E-state index contributed by atoms with van der Waals surface area (Å²) in [6.45, 7) is 2.59. The molecule has 0 N–H and O–H groups in total. The van der Waals surface area contributed by atoms with Gasteiger partial charge in [-0.25, -0.2) is 0 Å². The molecule has 0 fully saturated rings. The van der Waals surface area contributed by atoms with Gasteiger partial charge in [-0.3, -0.25) is 0 Å². The van der Waals surface area contributed by atoms with E-state index in [9.17, 15) is 0 Å². The summed E-state index contributed by atoms with van der Waals surface area (Å²) in [5.74, 6) is 0. The first-order valence-corrected chi connectivity index (χ1v) is 24.9. The molecule has 0 aliphatic heterocycles. The summed E-state index contributed by atoms with van der Waals surface area (Å²) in [7, 11) is -4.24. The van der Waals surface area contributed by atoms with Crippen LogP contribution in [0.4, 0.5) is 0 Å². The van der Waals surface area contributed by atoms with Crippen molar-refractivity contribution < 1.29 is 12.4 Å². The maximum absolute atomic E-state index is 15.3. The molecule has 0 saturated heterocycles. The molecule has 0 bridgehead atoms. The van der Waals surface area contributed by atoms with Crippen molar-refractivity contribution in [2.75, 3.05) is 6.16 Å². The Morgan fingerprint density at radius 2 is 0.811 bits per heavy atom. The van der Waals surface area contributed by atoms with Crippen molar-refractivity contribution in [1.82, 2.24) is 0 Å². The molecule has 0 saturated carbocycles. The fourth-order valence-electron chi connectivity index (χ4n) is 8.27. The molecule has 0 heterocycles. The van der Waals surface area contributed by atoms with Crippen LogP contribution in [0.1, 0.15) is 147 Å². The Kier molecular flexibility index (Phi) is 18.3. The van der Waals surface area contributed by atoms with Gasteiger partial charge in [-0.2, -0.15) is 0 Å². The third kappa shape index (κ3) is 11.4. The van der Waals surface area contributed by atoms with Crippen molar-refractivity contribution in [3.63, 3.8) is 0 Å². The average Bonchev–Trinajstić information content (AvgIpc) is 3.20. The number of rotatable bonds is 27. The van der Waals surface area contributed by atoms with Gasteiger partial charge in [0.1, 0.15) is 0 Å². The predicted molar refractivity (Wildman–Crippen MR) is 232 cm³/mol. The summed E-state index contributed by atoms with van der Waals surface area (Å²) >= 11 is 0. The maximum atomic E-state index is 15.3. The summed E-state index contributed by atoms with van der Waals surface area (Å²) in [6, 6.07) is 36.4. The SMILES string of the molecule is CCCCCCCCCCCc1cccc(S(=O)(=O)OP(CC)(c2ccccc2)(c2ccccc2)c2ccccc2)c1CCCCCCCCCCC. The number of hydrogen-bond acceptors (Lipinski definition) is 3. The summed E-state index contributed by atoms with van der Waals surface area (Å²) in [6.07, 6.45) is 24.7. The van der Waals surface area contributed by atoms with E-state index in [4.69, 9.17) is 3.97 Å². The van der Waals surface area contributed by atoms with Crippen LogP contribution in [0.15, 0.2) is 114 Å². The fourth-order valence-corrected chi connectivity index (χ4v) is 17.0. The zero-order valence-corrected chi connectivity index (χ0v) is 35.0. The Bertz CT molecular complexity index is 1590. The molecule has 0 aliphatic carbocycles. The molecule has 4 rings (SSSR count). The van der Waals surface area contributed by atoms with Gasteiger partial charge in [-0.05, 0) is 0 Å². The molecule has 53 heavy (non-hydrogen) atoms. The van der Waals surface area contributed by atoms with Crippen LogP contribution in [0.5, 0.6) is 0 Å². The first kappa shape index (κ1) is 43.0. The van der Waals surface area contributed by atoms with Gasteiger partial charge in [0.15, 0.2) is 0 Å². The van der Waals surface area contributed by atoms with Crippen LogP contribution < -0.4 is 15.9 Å². The average molecular weight is 757 g/mol. The Morgan fingerprint density at radius 3 is 1.21 bits per heavy atom. The minimum absolute atomic E-state index is 0.357. The zero-order valence-electron chi connectivity index (χ0n) is 33.3. The van der Waals surface area contributed by atoms with Crippen molar-refractivity contribution in [3.8, 4) is 0 Å². The minimum atomic E-state index is -4.24. The van der Waals surface area contributed by atoms with Crippen LogP contribution in [0.25, 0.3) is 0 Å². The minimum Gasteiger partial charge on any atom is -0.0654 e. The summed E-state index contributed by atoms with van der Waals surface area (Å²) in [4.78, 5) is 0.357. The second-order valence-corrected chi connectivity index (χ2v) is 21.7. The molecular formula is C48H69O3PS. The molecule has 0 spiro atoms. The van der Waals surface area contributed by atoms with E-state index in [1.54, 1.807) is 0 Å². The molecule has 0 aromatic heterocycles. The van der Waals surface area contributed by atoms with E-state index in [-0.39, 0.29) is 0 Å². The Hall–Kier alpha value is -2.78. The van der Waals surface area contributed by atoms with E-state index in [0.717, 1.165) is 53.6 Å². The van der Waals surface area contributed by atoms with Gasteiger partial charge in [0.25, 0.3) is 0 Å². The monoisotopic (exact) mass is 756 g/mol. The third-order valence-electron chi connectivity index (χ3n) is 11.4. The van der Waals surface area contributed by atoms with Crippen LogP contribution in [-0.2, 0) is 26.9 Å². The second-order valence-electron chi connectivity index (χ2n) is 15.1. The first-order valence-electron chi connectivity index (χ1n) is 21.2. The van der Waals surface area contributed by atoms with Crippen LogP contribution in [0, 0.1) is 0 Å². The van der Waals surface area contributed by atoms with Gasteiger partial charge in [-0.15, -0.1) is 0 Å². The molecule has 0 radical (unpaired) electrons. The number of unbranched alkanes of at least 4 members (excludes halogenated alkanes) is 16. The predicted octanol–water partition coefficient (Wildman–Crippen LogP) is 13.0. The Balaban J connectivity index is 1.69. The number of hydrogen-bond donors (Lipinski definition) is 0. The van der Waals surface area contributed by atoms with E-state index in [2.05, 4.69) is 63.2 Å². The van der Waals surface area contributed by atoms with Gasteiger partial charge in [0, 0.05) is 0 Å². The second kappa shape index (κ2) is 22.6. The van der Waals surface area contributed by atoms with Gasteiger partial charge in [0.2, 0.25) is 0 Å². The standard InChI is InChI=1S/C48H69O3PS/c1-4-7-9-11-13-15-17-19-24-33-43-34-32-42-48(47(43)41-31-20-18-16-14-12-10-8-5-2)53(49,50)51-52(6-3,44-35-25-21-26-36-44,45-37-27-22-28-38-45)46-39-29-23-30-40-46/h21-23,25-30,32,34-40,42H,4-20,24,31,33,41H2,1-3H3. The molecule has 5 heteroatoms. The quantitative estimate of drug-likeness (QED) is 0.0449. The van der Waals surface area contributed by atoms with E-state index in [1.807, 2.05) is 66.7 Å². The Morgan fingerprint density at radius 1 is 0.434 bits per heavy atom. The summed E-state index contributed by atoms with van der Waals surface area (Å²) in [5, 5.41) is 2.77. The number of benzene rings is 4. The topological polar surface area (TPSA) is 43.4 Å². The molecule has 0 amide bonds. The molecule has 290 valence electrons. The van der Waals surface area contributed by atoms with E-state index in [1.165, 1.54) is 102 Å². The van der Waals surface area contributed by atoms with Crippen LogP contribution in [-0.4, -0.2) is 14.6 Å². The third-order valence-corrected chi connectivity index (χ3v) is 19.8. The van der Waals surface area contributed by atoms with Crippen molar-refractivity contribution in [2.24, 2.45) is 0 Å². The number of aryl methyl sites for hydroxylation is 1. The summed E-state index contributed by atoms with van der Waals surface area (Å²) < 4.78 is 37.8. The van der Waals surface area contributed by atoms with Gasteiger partial charge >= 0.3 is 280 Å². The van der Waals surface area contributed by atoms with Gasteiger partial charge in [-0.1, -0.05) is 46.0 Å². The molecule has 0 aliphatic rings. The Labute approximate surface area is 324 Å². The first-order chi connectivity index (χ1) is 25.9. The smallest absolute Gasteiger partial charge is 0.0654 e. The van der Waals surface area contributed by atoms with Crippen LogP contribution in [0.3, 0.4) is 0 Å². The van der Waals surface area contributed by atoms with Crippen LogP contribution >= 0.6 is 6.83 Å². The molecule has 4 aromatic rings. The molecule has 4 aromatic carbocycles. The molecule has 3 nitrogen and oxygen atoms in total. The van der Waals surface area contributed by atoms with Gasteiger partial charge in [0.05, 0.1) is 0 Å². The van der Waals surface area contributed by atoms with Crippen molar-refractivity contribution in [3.05, 3.63) is 120 Å². The van der Waals surface area contributed by atoms with Crippen molar-refractivity contribution >= 4 is 32.9 Å². The zero-order chi connectivity index (χ0) is 37.7. The molecule has 0 atom stereocenters. The summed E-state index contributed by atoms with van der Waals surface area (Å²) in [5.41, 5.74) is 2.14.